The maximum Gasteiger partial charge on any atom is 0.472 e. The quantitative estimate of drug-likeness (QED) is 0.0280. The summed E-state index contributed by atoms with van der Waals surface area (Å²) in [6.45, 7) is 3.91. The second-order valence-electron chi connectivity index (χ2n) is 16.6. The van der Waals surface area contributed by atoms with Gasteiger partial charge in [0.15, 0.2) is 6.10 Å². The van der Waals surface area contributed by atoms with Crippen LogP contribution in [0.5, 0.6) is 0 Å². The van der Waals surface area contributed by atoms with Crippen molar-refractivity contribution >= 4 is 19.8 Å². The van der Waals surface area contributed by atoms with Crippen LogP contribution in [0, 0.1) is 0 Å². The maximum atomic E-state index is 12.5. The fourth-order valence-electron chi connectivity index (χ4n) is 7.24. The molecule has 57 heavy (non-hydrogen) atoms. The van der Waals surface area contributed by atoms with Crippen molar-refractivity contribution in [1.82, 2.24) is 0 Å². The highest BCUT2D eigenvalue weighted by Crippen LogP contribution is 2.42. The summed E-state index contributed by atoms with van der Waals surface area (Å²) in [7, 11) is -3.19. The molecule has 0 aromatic heterocycles. The first kappa shape index (κ1) is 55.8. The molecule has 8 nitrogen and oxygen atoms in total. The third-order valence-corrected chi connectivity index (χ3v) is 11.9. The first-order valence-electron chi connectivity index (χ1n) is 24.4. The molecule has 0 saturated carbocycles. The number of carbonyl (C=O) groups is 2. The van der Waals surface area contributed by atoms with Crippen LogP contribution >= 0.6 is 7.82 Å². The van der Waals surface area contributed by atoms with Gasteiger partial charge in [-0.05, 0) is 38.5 Å². The van der Waals surface area contributed by atoms with Crippen LogP contribution in [0.25, 0.3) is 0 Å². The van der Waals surface area contributed by atoms with Crippen molar-refractivity contribution in [2.45, 2.75) is 264 Å². The van der Waals surface area contributed by atoms with Gasteiger partial charge in [-0.25, -0.2) is 4.57 Å². The van der Waals surface area contributed by atoms with Gasteiger partial charge in [0.05, 0.1) is 6.61 Å². The lowest BCUT2D eigenvalue weighted by atomic mass is 10.0. The first-order valence-corrected chi connectivity index (χ1v) is 25.9. The topological polar surface area (TPSA) is 108 Å². The number of carbonyl (C=O) groups excluding carboxylic acids is 2. The van der Waals surface area contributed by atoms with Gasteiger partial charge in [0.1, 0.15) is 6.61 Å². The molecule has 0 bridgehead atoms. The highest BCUT2D eigenvalue weighted by atomic mass is 31.2. The summed E-state index contributed by atoms with van der Waals surface area (Å²) in [5, 5.41) is 0. The Morgan fingerprint density at radius 1 is 0.474 bits per heavy atom. The van der Waals surface area contributed by atoms with Crippen LogP contribution in [0.1, 0.15) is 258 Å². The highest BCUT2D eigenvalue weighted by molar-refractivity contribution is 7.47. The Labute approximate surface area is 352 Å². The number of ether oxygens (including phenoxy) is 2. The van der Waals surface area contributed by atoms with E-state index in [9.17, 15) is 19.0 Å². The molecule has 0 aromatic rings. The van der Waals surface area contributed by atoms with Crippen LogP contribution in [0.3, 0.4) is 0 Å². The summed E-state index contributed by atoms with van der Waals surface area (Å²) >= 11 is 0. The Morgan fingerprint density at radius 3 is 1.14 bits per heavy atom. The van der Waals surface area contributed by atoms with E-state index >= 15 is 0 Å². The Bertz CT molecular complexity index is 941. The molecular weight excluding hydrogens is 735 g/mol. The summed E-state index contributed by atoms with van der Waals surface area (Å²) in [6.07, 6.45) is 50.0. The van der Waals surface area contributed by atoms with Crippen molar-refractivity contribution in [3.8, 4) is 0 Å². The van der Waals surface area contributed by atoms with E-state index in [4.69, 9.17) is 14.0 Å². The van der Waals surface area contributed by atoms with Gasteiger partial charge in [0, 0.05) is 20.0 Å². The van der Waals surface area contributed by atoms with E-state index in [1.807, 2.05) is 0 Å². The van der Waals surface area contributed by atoms with E-state index in [2.05, 4.69) is 30.5 Å². The normalized spacial score (nSPS) is 13.3. The average Bonchev–Trinajstić information content (AvgIpc) is 3.20. The lowest BCUT2D eigenvalue weighted by Gasteiger charge is -2.19. The van der Waals surface area contributed by atoms with Gasteiger partial charge in [-0.15, -0.1) is 0 Å². The fourth-order valence-corrected chi connectivity index (χ4v) is 7.70. The molecule has 0 aliphatic carbocycles. The molecule has 0 radical (unpaired) electrons. The standard InChI is InChI=1S/C48H93O8P/c1-4-6-8-10-12-14-16-18-20-21-22-23-24-25-26-27-28-29-31-32-34-36-38-40-42-47(49)54-44-46(45-55-57(51,52)53-3)56-48(50)43-41-39-37-35-33-30-19-17-15-13-11-9-7-5-2/h17,19,46H,4-16,18,20-45H2,1-3H3,(H,51,52)/b19-17-. The number of unbranched alkanes of at least 4 members (excludes halogenated alkanes) is 33. The lowest BCUT2D eigenvalue weighted by Crippen LogP contribution is -2.29. The van der Waals surface area contributed by atoms with E-state index in [-0.39, 0.29) is 19.0 Å². The monoisotopic (exact) mass is 829 g/mol. The molecule has 2 unspecified atom stereocenters. The number of phosphoric acid groups is 1. The minimum absolute atomic E-state index is 0.222. The number of esters is 2. The van der Waals surface area contributed by atoms with Crippen LogP contribution in [0.4, 0.5) is 0 Å². The van der Waals surface area contributed by atoms with E-state index in [1.54, 1.807) is 0 Å². The SMILES string of the molecule is CCCCCCC/C=C\CCCCCCCC(=O)OC(COC(=O)CCCCCCCCCCCCCCCCCCCCCCCCCC)COP(=O)(O)OC. The second-order valence-corrected chi connectivity index (χ2v) is 18.2. The summed E-state index contributed by atoms with van der Waals surface area (Å²) in [5.74, 6) is -0.799. The van der Waals surface area contributed by atoms with Crippen molar-refractivity contribution < 1.29 is 37.6 Å². The highest BCUT2D eigenvalue weighted by Gasteiger charge is 2.24. The third-order valence-electron chi connectivity index (χ3n) is 11.0. The minimum Gasteiger partial charge on any atom is -0.462 e. The smallest absolute Gasteiger partial charge is 0.462 e. The van der Waals surface area contributed by atoms with E-state index in [0.717, 1.165) is 58.5 Å². The van der Waals surface area contributed by atoms with Gasteiger partial charge in [-0.3, -0.25) is 18.6 Å². The summed E-state index contributed by atoms with van der Waals surface area (Å²) in [5.41, 5.74) is 0. The Balaban J connectivity index is 3.83. The summed E-state index contributed by atoms with van der Waals surface area (Å²) in [6, 6.07) is 0. The molecule has 2 atom stereocenters. The zero-order valence-corrected chi connectivity index (χ0v) is 38.7. The Morgan fingerprint density at radius 2 is 0.789 bits per heavy atom. The molecule has 338 valence electrons. The van der Waals surface area contributed by atoms with Gasteiger partial charge < -0.3 is 14.4 Å². The van der Waals surface area contributed by atoms with Crippen molar-refractivity contribution in [2.75, 3.05) is 20.3 Å². The summed E-state index contributed by atoms with van der Waals surface area (Å²) in [4.78, 5) is 34.5. The van der Waals surface area contributed by atoms with Crippen molar-refractivity contribution in [2.24, 2.45) is 0 Å². The molecule has 0 rings (SSSR count). The summed E-state index contributed by atoms with van der Waals surface area (Å²) < 4.78 is 32.1. The minimum atomic E-state index is -4.26. The molecular formula is C48H93O8P. The molecule has 0 saturated heterocycles. The van der Waals surface area contributed by atoms with Gasteiger partial charge in [0.25, 0.3) is 0 Å². The number of rotatable bonds is 46. The zero-order valence-electron chi connectivity index (χ0n) is 37.8. The van der Waals surface area contributed by atoms with Gasteiger partial charge in [0.2, 0.25) is 0 Å². The predicted molar refractivity (Wildman–Crippen MR) is 240 cm³/mol. The molecule has 1 N–H and O–H groups in total. The van der Waals surface area contributed by atoms with Crippen molar-refractivity contribution in [1.29, 1.82) is 0 Å². The number of phosphoric ester groups is 1. The third kappa shape index (κ3) is 44.2. The lowest BCUT2D eigenvalue weighted by molar-refractivity contribution is -0.161. The largest absolute Gasteiger partial charge is 0.472 e. The van der Waals surface area contributed by atoms with Gasteiger partial charge in [-0.2, -0.15) is 0 Å². The van der Waals surface area contributed by atoms with Crippen LogP contribution in [-0.4, -0.2) is 43.3 Å². The Hall–Kier alpha value is -1.21. The number of allylic oxidation sites excluding steroid dienone is 2. The van der Waals surface area contributed by atoms with Gasteiger partial charge in [-0.1, -0.05) is 219 Å². The van der Waals surface area contributed by atoms with Crippen LogP contribution in [0.2, 0.25) is 0 Å². The second kappa shape index (κ2) is 44.3. The van der Waals surface area contributed by atoms with Crippen LogP contribution in [0.15, 0.2) is 12.2 Å². The van der Waals surface area contributed by atoms with Crippen molar-refractivity contribution in [3.63, 3.8) is 0 Å². The van der Waals surface area contributed by atoms with Crippen LogP contribution < -0.4 is 0 Å². The molecule has 0 aliphatic heterocycles. The van der Waals surface area contributed by atoms with E-state index in [1.165, 1.54) is 173 Å². The van der Waals surface area contributed by atoms with Crippen molar-refractivity contribution in [3.05, 3.63) is 12.2 Å². The zero-order chi connectivity index (χ0) is 41.8. The molecule has 0 aromatic carbocycles. The predicted octanol–water partition coefficient (Wildman–Crippen LogP) is 15.6. The van der Waals surface area contributed by atoms with E-state index < -0.39 is 26.5 Å². The maximum absolute atomic E-state index is 12.5. The van der Waals surface area contributed by atoms with Gasteiger partial charge >= 0.3 is 19.8 Å². The molecule has 0 amide bonds. The van der Waals surface area contributed by atoms with Crippen LogP contribution in [-0.2, 0) is 32.7 Å². The Kier molecular flexibility index (Phi) is 43.4. The molecule has 0 heterocycles. The first-order chi connectivity index (χ1) is 27.8. The average molecular weight is 829 g/mol. The molecule has 9 heteroatoms. The molecule has 0 aliphatic rings. The number of hydrogen-bond acceptors (Lipinski definition) is 7. The number of hydrogen-bond donors (Lipinski definition) is 1. The fraction of sp³-hybridized carbons (Fsp3) is 0.917. The molecule has 0 spiro atoms. The van der Waals surface area contributed by atoms with E-state index in [0.29, 0.717) is 12.8 Å². The molecule has 0 fully saturated rings.